The number of piperidine rings is 1. The number of hydrogen-bond donors (Lipinski definition) is 0. The van der Waals surface area contributed by atoms with E-state index in [0.29, 0.717) is 25.4 Å². The number of benzene rings is 1. The molecule has 0 saturated carbocycles. The highest BCUT2D eigenvalue weighted by Gasteiger charge is 2.26. The number of tetrazole rings is 1. The van der Waals surface area contributed by atoms with Crippen molar-refractivity contribution in [2.75, 3.05) is 13.1 Å². The minimum atomic E-state index is -0.682. The molecule has 0 unspecified atom stereocenters. The number of hydrogen-bond acceptors (Lipinski definition) is 10. The van der Waals surface area contributed by atoms with Crippen LogP contribution in [0.5, 0.6) is 5.75 Å². The summed E-state index contributed by atoms with van der Waals surface area (Å²) in [6.45, 7) is 6.89. The highest BCUT2D eigenvalue weighted by Crippen LogP contribution is 2.22. The molecule has 1 aliphatic heterocycles. The summed E-state index contributed by atoms with van der Waals surface area (Å²) in [5.74, 6) is 0.712. The minimum Gasteiger partial charge on any atom is -0.487 e. The van der Waals surface area contributed by atoms with E-state index in [1.54, 1.807) is 41.5 Å². The second-order valence-corrected chi connectivity index (χ2v) is 8.41. The number of nitrogens with zero attached hydrogens (tertiary/aromatic N) is 8. The van der Waals surface area contributed by atoms with Crippen LogP contribution in [0, 0.1) is 0 Å². The first-order valence-corrected chi connectivity index (χ1v) is 10.4. The number of carbonyl (C=O) groups is 1. The maximum atomic E-state index is 11.8. The average Bonchev–Trinajstić information content (AvgIpc) is 3.44. The highest BCUT2D eigenvalue weighted by atomic mass is 16.8. The van der Waals surface area contributed by atoms with Crippen LogP contribution in [0.25, 0.3) is 5.69 Å². The normalized spacial score (nSPS) is 15.5. The zero-order valence-corrected chi connectivity index (χ0v) is 18.3. The van der Waals surface area contributed by atoms with Gasteiger partial charge in [-0.15, -0.1) is 10.2 Å². The van der Waals surface area contributed by atoms with E-state index in [2.05, 4.69) is 25.7 Å². The molecule has 170 valence electrons. The van der Waals surface area contributed by atoms with Gasteiger partial charge in [0.15, 0.2) is 0 Å². The lowest BCUT2D eigenvalue weighted by Crippen LogP contribution is -2.38. The largest absolute Gasteiger partial charge is 0.528 e. The van der Waals surface area contributed by atoms with Gasteiger partial charge in [-0.05, 0) is 68.3 Å². The van der Waals surface area contributed by atoms with Crippen LogP contribution in [0.4, 0.5) is 4.79 Å². The highest BCUT2D eigenvalue weighted by molar-refractivity contribution is 5.60. The summed E-state index contributed by atoms with van der Waals surface area (Å²) in [5, 5.41) is 21.6. The fourth-order valence-electron chi connectivity index (χ4n) is 3.22. The average molecular weight is 442 g/mol. The number of rotatable bonds is 6. The Bertz CT molecular complexity index is 1010. The Labute approximate surface area is 185 Å². The van der Waals surface area contributed by atoms with Crippen LogP contribution in [0.3, 0.4) is 0 Å². The standard InChI is InChI=1S/C20H26N8O4/c1-20(2,3)31-19(29)32-26-10-8-17(9-11-26)28-22-12-15(23-28)13-30-18-6-4-16(5-7-18)27-14-21-24-25-27/h4-7,12,14,17H,8-11,13H2,1-3H3. The van der Waals surface area contributed by atoms with Gasteiger partial charge in [0.2, 0.25) is 0 Å². The molecule has 0 spiro atoms. The summed E-state index contributed by atoms with van der Waals surface area (Å²) in [6, 6.07) is 7.58. The number of aromatic nitrogens is 7. The van der Waals surface area contributed by atoms with Crippen molar-refractivity contribution < 1.29 is 19.1 Å². The predicted octanol–water partition coefficient (Wildman–Crippen LogP) is 2.34. The minimum absolute atomic E-state index is 0.137. The third-order valence-corrected chi connectivity index (χ3v) is 4.74. The Balaban J connectivity index is 1.23. The van der Waals surface area contributed by atoms with Crippen LogP contribution in [0.15, 0.2) is 36.8 Å². The molecule has 0 radical (unpaired) electrons. The third kappa shape index (κ3) is 5.78. The molecule has 3 heterocycles. The van der Waals surface area contributed by atoms with Gasteiger partial charge in [-0.2, -0.15) is 15.0 Å². The molecule has 4 rings (SSSR count). The van der Waals surface area contributed by atoms with Crippen molar-refractivity contribution in [2.45, 2.75) is 51.9 Å². The molecule has 3 aromatic rings. The van der Waals surface area contributed by atoms with Crippen molar-refractivity contribution >= 4 is 6.16 Å². The van der Waals surface area contributed by atoms with Crippen molar-refractivity contribution in [1.29, 1.82) is 0 Å². The first-order valence-electron chi connectivity index (χ1n) is 10.4. The van der Waals surface area contributed by atoms with E-state index in [1.807, 2.05) is 24.3 Å². The van der Waals surface area contributed by atoms with Crippen LogP contribution >= 0.6 is 0 Å². The predicted molar refractivity (Wildman–Crippen MR) is 111 cm³/mol. The van der Waals surface area contributed by atoms with Crippen LogP contribution in [-0.2, 0) is 16.2 Å². The molecule has 0 atom stereocenters. The molecule has 1 aromatic carbocycles. The molecule has 1 aliphatic rings. The summed E-state index contributed by atoms with van der Waals surface area (Å²) in [4.78, 5) is 18.8. The van der Waals surface area contributed by atoms with Crippen molar-refractivity contribution in [3.05, 3.63) is 42.5 Å². The monoisotopic (exact) mass is 442 g/mol. The number of ether oxygens (including phenoxy) is 2. The molecule has 1 fully saturated rings. The maximum Gasteiger partial charge on any atom is 0.528 e. The number of hydroxylamine groups is 2. The molecule has 1 saturated heterocycles. The van der Waals surface area contributed by atoms with Crippen molar-refractivity contribution in [1.82, 2.24) is 40.3 Å². The van der Waals surface area contributed by atoms with E-state index < -0.39 is 11.8 Å². The Kier molecular flexibility index (Phi) is 6.30. The van der Waals surface area contributed by atoms with Gasteiger partial charge in [-0.1, -0.05) is 0 Å². The molecular formula is C20H26N8O4. The van der Waals surface area contributed by atoms with E-state index >= 15 is 0 Å². The van der Waals surface area contributed by atoms with Crippen LogP contribution in [0.1, 0.15) is 45.3 Å². The topological polar surface area (TPSA) is 122 Å². The zero-order valence-electron chi connectivity index (χ0n) is 18.3. The quantitative estimate of drug-likeness (QED) is 0.526. The molecule has 32 heavy (non-hydrogen) atoms. The maximum absolute atomic E-state index is 11.8. The van der Waals surface area contributed by atoms with Gasteiger partial charge in [0, 0.05) is 13.1 Å². The van der Waals surface area contributed by atoms with Crippen molar-refractivity contribution in [3.63, 3.8) is 0 Å². The van der Waals surface area contributed by atoms with Crippen LogP contribution in [-0.4, -0.2) is 65.1 Å². The van der Waals surface area contributed by atoms with Crippen molar-refractivity contribution in [2.24, 2.45) is 0 Å². The molecule has 12 nitrogen and oxygen atoms in total. The summed E-state index contributed by atoms with van der Waals surface area (Å²) in [6.07, 6.45) is 4.08. The van der Waals surface area contributed by atoms with Gasteiger partial charge >= 0.3 is 6.16 Å². The van der Waals surface area contributed by atoms with Crippen LogP contribution in [0.2, 0.25) is 0 Å². The molecular weight excluding hydrogens is 416 g/mol. The third-order valence-electron chi connectivity index (χ3n) is 4.74. The SMILES string of the molecule is CC(C)(C)OC(=O)ON1CCC(n2ncc(COc3ccc(-n4cnnn4)cc3)n2)CC1. The fourth-order valence-corrected chi connectivity index (χ4v) is 3.22. The van der Waals surface area contributed by atoms with Gasteiger partial charge < -0.3 is 14.3 Å². The lowest BCUT2D eigenvalue weighted by atomic mass is 10.1. The smallest absolute Gasteiger partial charge is 0.487 e. The fraction of sp³-hybridized carbons (Fsp3) is 0.500. The van der Waals surface area contributed by atoms with E-state index in [9.17, 15) is 4.79 Å². The van der Waals surface area contributed by atoms with Gasteiger partial charge in [0.05, 0.1) is 17.9 Å². The summed E-state index contributed by atoms with van der Waals surface area (Å²) in [5.41, 5.74) is 1.00. The zero-order chi connectivity index (χ0) is 22.6. The summed E-state index contributed by atoms with van der Waals surface area (Å²) >= 11 is 0. The lowest BCUT2D eigenvalue weighted by molar-refractivity contribution is -0.155. The van der Waals surface area contributed by atoms with Crippen molar-refractivity contribution in [3.8, 4) is 11.4 Å². The Morgan fingerprint density at radius 3 is 2.56 bits per heavy atom. The second kappa shape index (κ2) is 9.30. The molecule has 2 aromatic heterocycles. The van der Waals surface area contributed by atoms with Gasteiger partial charge in [0.1, 0.15) is 30.0 Å². The molecule has 12 heteroatoms. The molecule has 0 bridgehead atoms. The summed E-state index contributed by atoms with van der Waals surface area (Å²) in [7, 11) is 0. The van der Waals surface area contributed by atoms with E-state index in [4.69, 9.17) is 14.3 Å². The number of carbonyl (C=O) groups excluding carboxylic acids is 1. The van der Waals surface area contributed by atoms with E-state index in [0.717, 1.165) is 24.2 Å². The Hall–Kier alpha value is -3.54. The Morgan fingerprint density at radius 1 is 1.16 bits per heavy atom. The molecule has 0 amide bonds. The first kappa shape index (κ1) is 21.7. The summed E-state index contributed by atoms with van der Waals surface area (Å²) < 4.78 is 12.6. The first-order chi connectivity index (χ1) is 15.4. The van der Waals surface area contributed by atoms with Gasteiger partial charge in [0.25, 0.3) is 0 Å². The van der Waals surface area contributed by atoms with Gasteiger partial charge in [-0.3, -0.25) is 0 Å². The molecule has 0 aliphatic carbocycles. The van der Waals surface area contributed by atoms with Crippen LogP contribution < -0.4 is 4.74 Å². The Morgan fingerprint density at radius 2 is 1.91 bits per heavy atom. The van der Waals surface area contributed by atoms with E-state index in [1.165, 1.54) is 6.33 Å². The second-order valence-electron chi connectivity index (χ2n) is 8.41. The lowest BCUT2D eigenvalue weighted by Gasteiger charge is -2.30. The van der Waals surface area contributed by atoms with Gasteiger partial charge in [-0.25, -0.2) is 9.48 Å². The molecule has 0 N–H and O–H groups in total. The van der Waals surface area contributed by atoms with E-state index in [-0.39, 0.29) is 6.04 Å².